The topological polar surface area (TPSA) is 162 Å². The fourth-order valence-corrected chi connectivity index (χ4v) is 7.26. The van der Waals surface area contributed by atoms with Crippen LogP contribution in [0.15, 0.2) is 48.5 Å². The second kappa shape index (κ2) is 17.5. The van der Waals surface area contributed by atoms with E-state index in [0.717, 1.165) is 72.7 Å². The summed E-state index contributed by atoms with van der Waals surface area (Å²) < 4.78 is 15.6. The van der Waals surface area contributed by atoms with Gasteiger partial charge in [0.1, 0.15) is 34.1 Å². The number of aromatic carboxylic acids is 1. The van der Waals surface area contributed by atoms with Crippen molar-refractivity contribution in [2.45, 2.75) is 67.3 Å². The molecule has 0 bridgehead atoms. The van der Waals surface area contributed by atoms with Gasteiger partial charge >= 0.3 is 17.9 Å². The molecule has 0 saturated heterocycles. The van der Waals surface area contributed by atoms with E-state index in [1.165, 1.54) is 0 Å². The number of fused-ring (bicyclic) bond motifs is 3. The Labute approximate surface area is 334 Å². The number of hydrogen-bond donors (Lipinski definition) is 2. The molecule has 6 heterocycles. The number of carbonyl (C=O) groups excluding carboxylic acids is 2. The minimum absolute atomic E-state index is 0.291. The second-order valence-electron chi connectivity index (χ2n) is 13.3. The number of halogens is 2. The van der Waals surface area contributed by atoms with Crippen LogP contribution in [0.25, 0.3) is 0 Å². The minimum Gasteiger partial charge on any atom is -0.477 e. The third-order valence-electron chi connectivity index (χ3n) is 9.45. The minimum atomic E-state index is -0.924. The van der Waals surface area contributed by atoms with Gasteiger partial charge in [0.05, 0.1) is 49.9 Å². The highest BCUT2D eigenvalue weighted by atomic mass is 35.5. The smallest absolute Gasteiger partial charge is 0.343 e. The number of anilines is 3. The van der Waals surface area contributed by atoms with Crippen molar-refractivity contribution in [2.75, 3.05) is 48.0 Å². The third kappa shape index (κ3) is 8.63. The molecule has 0 unspecified atom stereocenters. The predicted octanol–water partition coefficient (Wildman–Crippen LogP) is 6.40. The molecule has 2 N–H and O–H groups in total. The predicted molar refractivity (Wildman–Crippen MR) is 213 cm³/mol. The maximum Gasteiger partial charge on any atom is 0.343 e. The summed E-state index contributed by atoms with van der Waals surface area (Å²) in [5.74, 6) is 0.827. The molecular weight excluding hydrogens is 761 g/mol. The maximum atomic E-state index is 12.2. The van der Waals surface area contributed by atoms with Crippen molar-refractivity contribution in [3.05, 3.63) is 103 Å². The van der Waals surface area contributed by atoms with Gasteiger partial charge in [-0.05, 0) is 70.0 Å². The molecule has 0 fully saturated rings. The number of hydrogen-bond acceptors (Lipinski definition) is 11. The molecule has 3 aliphatic heterocycles. The Morgan fingerprint density at radius 3 is 1.55 bits per heavy atom. The maximum absolute atomic E-state index is 12.2. The summed E-state index contributed by atoms with van der Waals surface area (Å²) in [6, 6.07) is 15.3. The normalized spacial score (nSPS) is 13.5. The van der Waals surface area contributed by atoms with Crippen molar-refractivity contribution >= 4 is 58.6 Å². The van der Waals surface area contributed by atoms with E-state index in [9.17, 15) is 19.5 Å². The zero-order valence-electron chi connectivity index (χ0n) is 32.0. The number of ether oxygens (including phenoxy) is 2. The molecule has 3 aromatic heterocycles. The zero-order valence-corrected chi connectivity index (χ0v) is 33.5. The number of aromatic nitrogens is 6. The average molecular weight is 807 g/mol. The van der Waals surface area contributed by atoms with Crippen molar-refractivity contribution < 1.29 is 29.0 Å². The van der Waals surface area contributed by atoms with Crippen molar-refractivity contribution in [3.63, 3.8) is 0 Å². The Balaban J connectivity index is 0.000000146. The summed E-state index contributed by atoms with van der Waals surface area (Å²) >= 11 is 11.8. The fourth-order valence-electron chi connectivity index (χ4n) is 7.01. The summed E-state index contributed by atoms with van der Waals surface area (Å²) in [6.45, 7) is 15.9. The number of nitrogens with zero attached hydrogens (tertiary/aromatic N) is 8. The van der Waals surface area contributed by atoms with Crippen LogP contribution in [0.2, 0.25) is 10.0 Å². The molecule has 5 aromatic rings. The molecule has 17 heteroatoms. The van der Waals surface area contributed by atoms with Crippen LogP contribution in [0.5, 0.6) is 0 Å². The lowest BCUT2D eigenvalue weighted by Crippen LogP contribution is -2.22. The third-order valence-corrected chi connectivity index (χ3v) is 9.96. The number of carboxylic acids is 1. The molecule has 0 amide bonds. The van der Waals surface area contributed by atoms with E-state index in [1.54, 1.807) is 18.5 Å². The van der Waals surface area contributed by atoms with Crippen LogP contribution in [0.1, 0.15) is 73.1 Å². The Morgan fingerprint density at radius 2 is 1.07 bits per heavy atom. The zero-order chi connectivity index (χ0) is 40.1. The Morgan fingerprint density at radius 1 is 0.643 bits per heavy atom. The molecule has 15 nitrogen and oxygen atoms in total. The van der Waals surface area contributed by atoms with E-state index < -0.39 is 5.97 Å². The molecule has 2 aromatic carbocycles. The van der Waals surface area contributed by atoms with E-state index in [4.69, 9.17) is 32.7 Å². The van der Waals surface area contributed by atoms with Gasteiger partial charge in [0.2, 0.25) is 0 Å². The molecule has 0 saturated carbocycles. The van der Waals surface area contributed by atoms with Crippen LogP contribution >= 0.6 is 23.2 Å². The number of carboxylic acid groups (broad SMARTS) is 1. The van der Waals surface area contributed by atoms with Crippen molar-refractivity contribution in [1.29, 1.82) is 0 Å². The van der Waals surface area contributed by atoms with Crippen LogP contribution in [-0.2, 0) is 42.2 Å². The van der Waals surface area contributed by atoms with E-state index in [0.29, 0.717) is 65.2 Å². The van der Waals surface area contributed by atoms with Gasteiger partial charge in [0, 0.05) is 42.8 Å². The first-order chi connectivity index (χ1) is 26.9. The summed E-state index contributed by atoms with van der Waals surface area (Å²) in [5, 5.41) is 26.9. The lowest BCUT2D eigenvalue weighted by molar-refractivity contribution is 0.0516. The van der Waals surface area contributed by atoms with Crippen LogP contribution in [0, 0.1) is 20.8 Å². The van der Waals surface area contributed by atoms with Crippen LogP contribution in [0.4, 0.5) is 17.5 Å². The molecule has 0 aliphatic carbocycles. The standard InChI is InChI=1S/C16H18ClN3O2.C14H14ClN3O2.C9H13N3O2/c1-3-22-16(21)14-11(2)18-20-9-8-19(15(14)20)10-12-4-6-13(17)7-5-12;1-9-12(14(19)20)13-17(6-7-18(13)16-9)8-10-2-4-11(15)5-3-10;1-3-14-9(13)7-6(2)11-12-5-4-10-8(7)12/h4-7H,3,8-10H2,1-2H3;2-5H,6-8H2,1H3,(H,19,20);10H,3-5H2,1-2H3. The van der Waals surface area contributed by atoms with Gasteiger partial charge in [-0.1, -0.05) is 47.5 Å². The molecule has 3 aliphatic rings. The molecular formula is C39H45Cl2N9O6. The van der Waals surface area contributed by atoms with Gasteiger partial charge in [-0.25, -0.2) is 28.4 Å². The largest absolute Gasteiger partial charge is 0.477 e. The highest BCUT2D eigenvalue weighted by Crippen LogP contribution is 2.32. The Kier molecular flexibility index (Phi) is 12.5. The lowest BCUT2D eigenvalue weighted by Gasteiger charge is -2.18. The summed E-state index contributed by atoms with van der Waals surface area (Å²) in [4.78, 5) is 39.4. The second-order valence-corrected chi connectivity index (χ2v) is 14.2. The van der Waals surface area contributed by atoms with Crippen LogP contribution < -0.4 is 15.1 Å². The van der Waals surface area contributed by atoms with E-state index in [2.05, 4.69) is 25.5 Å². The molecule has 296 valence electrons. The van der Waals surface area contributed by atoms with Gasteiger partial charge in [-0.3, -0.25) is 0 Å². The quantitative estimate of drug-likeness (QED) is 0.158. The van der Waals surface area contributed by atoms with E-state index >= 15 is 0 Å². The average Bonchev–Trinajstić information content (AvgIpc) is 4.00. The van der Waals surface area contributed by atoms with Gasteiger partial charge in [-0.15, -0.1) is 0 Å². The molecule has 0 radical (unpaired) electrons. The fraction of sp³-hybridized carbons (Fsp3) is 0.385. The molecule has 8 rings (SSSR count). The summed E-state index contributed by atoms with van der Waals surface area (Å²) in [6.07, 6.45) is 0. The number of nitrogens with one attached hydrogen (secondary N) is 1. The number of esters is 2. The van der Waals surface area contributed by atoms with Crippen molar-refractivity contribution in [1.82, 2.24) is 29.3 Å². The summed E-state index contributed by atoms with van der Waals surface area (Å²) in [5.41, 5.74) is 5.70. The number of carbonyl (C=O) groups is 3. The van der Waals surface area contributed by atoms with Gasteiger partial charge in [0.25, 0.3) is 0 Å². The SMILES string of the molecule is CCOC(=O)c1c(C)nn2c1N(Cc1ccc(Cl)cc1)CC2.CCOC(=O)c1c(C)nn2c1NCC2.Cc1nn2c(c1C(=O)O)N(Cc1ccc(Cl)cc1)CC2. The molecule has 0 atom stereocenters. The number of rotatable bonds is 9. The van der Waals surface area contributed by atoms with Crippen LogP contribution in [0.3, 0.4) is 0 Å². The Bertz CT molecular complexity index is 2210. The van der Waals surface area contributed by atoms with E-state index in [-0.39, 0.29) is 11.9 Å². The first-order valence-electron chi connectivity index (χ1n) is 18.4. The van der Waals surface area contributed by atoms with Gasteiger partial charge in [-0.2, -0.15) is 15.3 Å². The van der Waals surface area contributed by atoms with Crippen LogP contribution in [-0.4, -0.2) is 85.2 Å². The summed E-state index contributed by atoms with van der Waals surface area (Å²) in [7, 11) is 0. The Hall–Kier alpha value is -5.54. The highest BCUT2D eigenvalue weighted by Gasteiger charge is 2.32. The van der Waals surface area contributed by atoms with E-state index in [1.807, 2.05) is 83.6 Å². The monoisotopic (exact) mass is 805 g/mol. The highest BCUT2D eigenvalue weighted by molar-refractivity contribution is 6.30. The molecule has 56 heavy (non-hydrogen) atoms. The van der Waals surface area contributed by atoms with Gasteiger partial charge in [0.15, 0.2) is 0 Å². The number of benzene rings is 2. The van der Waals surface area contributed by atoms with Crippen molar-refractivity contribution in [2.24, 2.45) is 0 Å². The first-order valence-corrected chi connectivity index (χ1v) is 19.2. The number of aryl methyl sites for hydroxylation is 3. The lowest BCUT2D eigenvalue weighted by atomic mass is 10.2. The molecule has 0 spiro atoms. The van der Waals surface area contributed by atoms with Crippen molar-refractivity contribution in [3.8, 4) is 0 Å². The first kappa shape index (κ1) is 40.1. The van der Waals surface area contributed by atoms with Gasteiger partial charge < -0.3 is 29.7 Å².